The second-order valence-electron chi connectivity index (χ2n) is 4.25. The van der Waals surface area contributed by atoms with Crippen LogP contribution < -0.4 is 11.1 Å². The van der Waals surface area contributed by atoms with E-state index in [2.05, 4.69) is 20.3 Å². The van der Waals surface area contributed by atoms with Crippen LogP contribution in [0.2, 0.25) is 10.0 Å². The summed E-state index contributed by atoms with van der Waals surface area (Å²) in [4.78, 5) is 11.9. The van der Waals surface area contributed by atoms with Crippen LogP contribution in [-0.4, -0.2) is 22.0 Å². The zero-order valence-electron chi connectivity index (χ0n) is 10.5. The van der Waals surface area contributed by atoms with Crippen LogP contribution in [0.25, 0.3) is 22.6 Å². The zero-order chi connectivity index (χ0) is 14.3. The Morgan fingerprint density at radius 2 is 2.00 bits per heavy atom. The summed E-state index contributed by atoms with van der Waals surface area (Å²) in [5, 5.41) is 3.87. The Bertz CT molecular complexity index is 797. The molecule has 0 aliphatic heterocycles. The number of halogens is 2. The van der Waals surface area contributed by atoms with E-state index in [9.17, 15) is 0 Å². The van der Waals surface area contributed by atoms with E-state index in [0.29, 0.717) is 32.8 Å². The van der Waals surface area contributed by atoms with Crippen LogP contribution in [0, 0.1) is 0 Å². The Kier molecular flexibility index (Phi) is 3.16. The lowest BCUT2D eigenvalue weighted by Crippen LogP contribution is -1.93. The number of pyridine rings is 1. The second kappa shape index (κ2) is 4.85. The quantitative estimate of drug-likeness (QED) is 0.632. The number of aromatic nitrogens is 3. The van der Waals surface area contributed by atoms with Crippen molar-refractivity contribution in [3.63, 3.8) is 0 Å². The molecular weight excluding hydrogens is 297 g/mol. The molecule has 0 spiro atoms. The molecule has 0 fully saturated rings. The minimum Gasteiger partial charge on any atom is -0.397 e. The largest absolute Gasteiger partial charge is 0.397 e. The van der Waals surface area contributed by atoms with Crippen LogP contribution in [0.5, 0.6) is 0 Å². The van der Waals surface area contributed by atoms with E-state index in [1.165, 1.54) is 0 Å². The Hall–Kier alpha value is -1.98. The third kappa shape index (κ3) is 2.15. The summed E-state index contributed by atoms with van der Waals surface area (Å²) in [6, 6.07) is 7.08. The van der Waals surface area contributed by atoms with Gasteiger partial charge in [0.1, 0.15) is 11.6 Å². The molecule has 0 radical (unpaired) electrons. The number of fused-ring (bicyclic) bond motifs is 1. The third-order valence-electron chi connectivity index (χ3n) is 2.95. The highest BCUT2D eigenvalue weighted by Gasteiger charge is 2.13. The molecule has 3 aromatic rings. The standard InChI is InChI=1S/C13H11Cl2N5/c1-17-10-3-2-9-13(19-10)20-12(18-9)7-4-6(14)5-8(15)11(7)16/h2-5H,16H2,1H3,(H2,17,18,19,20). The smallest absolute Gasteiger partial charge is 0.180 e. The first-order valence-electron chi connectivity index (χ1n) is 5.88. The summed E-state index contributed by atoms with van der Waals surface area (Å²) in [6.07, 6.45) is 0. The van der Waals surface area contributed by atoms with Gasteiger partial charge in [-0.25, -0.2) is 9.97 Å². The number of hydrogen-bond acceptors (Lipinski definition) is 4. The number of rotatable bonds is 2. The minimum atomic E-state index is 0.400. The van der Waals surface area contributed by atoms with Gasteiger partial charge in [0.05, 0.1) is 16.2 Å². The molecule has 0 bridgehead atoms. The van der Waals surface area contributed by atoms with Gasteiger partial charge in [0.2, 0.25) is 0 Å². The van der Waals surface area contributed by atoms with Gasteiger partial charge in [0.15, 0.2) is 5.65 Å². The highest BCUT2D eigenvalue weighted by Crippen LogP contribution is 2.34. The van der Waals surface area contributed by atoms with E-state index in [4.69, 9.17) is 28.9 Å². The predicted octanol–water partition coefficient (Wildman–Crippen LogP) is 3.56. The number of nitrogen functional groups attached to an aromatic ring is 1. The third-order valence-corrected chi connectivity index (χ3v) is 3.48. The lowest BCUT2D eigenvalue weighted by atomic mass is 10.1. The SMILES string of the molecule is CNc1ccc2[nH]c(-c3cc(Cl)cc(Cl)c3N)nc2n1. The number of hydrogen-bond donors (Lipinski definition) is 3. The Morgan fingerprint density at radius 1 is 1.20 bits per heavy atom. The van der Waals surface area contributed by atoms with Crippen molar-refractivity contribution in [2.75, 3.05) is 18.1 Å². The average Bonchev–Trinajstić information content (AvgIpc) is 2.85. The number of nitrogens with two attached hydrogens (primary N) is 1. The summed E-state index contributed by atoms with van der Waals surface area (Å²) in [6.45, 7) is 0. The van der Waals surface area contributed by atoms with Gasteiger partial charge in [-0.05, 0) is 24.3 Å². The fourth-order valence-corrected chi connectivity index (χ4v) is 2.43. The van der Waals surface area contributed by atoms with E-state index in [0.717, 1.165) is 11.3 Å². The topological polar surface area (TPSA) is 79.6 Å². The molecule has 0 aliphatic carbocycles. The molecule has 20 heavy (non-hydrogen) atoms. The number of H-pyrrole nitrogens is 1. The molecule has 0 aliphatic rings. The summed E-state index contributed by atoms with van der Waals surface area (Å²) in [5.74, 6) is 1.33. The maximum atomic E-state index is 6.04. The molecular formula is C13H11Cl2N5. The van der Waals surface area contributed by atoms with E-state index >= 15 is 0 Å². The molecule has 0 atom stereocenters. The van der Waals surface area contributed by atoms with Gasteiger partial charge >= 0.3 is 0 Å². The number of imidazole rings is 1. The monoisotopic (exact) mass is 307 g/mol. The highest BCUT2D eigenvalue weighted by molar-refractivity contribution is 6.37. The van der Waals surface area contributed by atoms with Crippen LogP contribution in [0.15, 0.2) is 24.3 Å². The van der Waals surface area contributed by atoms with Crippen LogP contribution in [0.3, 0.4) is 0 Å². The lowest BCUT2D eigenvalue weighted by molar-refractivity contribution is 1.28. The van der Waals surface area contributed by atoms with Crippen molar-refractivity contribution < 1.29 is 0 Å². The molecule has 7 heteroatoms. The maximum Gasteiger partial charge on any atom is 0.180 e. The van der Waals surface area contributed by atoms with E-state index in [-0.39, 0.29) is 0 Å². The fourth-order valence-electron chi connectivity index (χ4n) is 1.94. The summed E-state index contributed by atoms with van der Waals surface area (Å²) >= 11 is 12.0. The molecule has 0 saturated heterocycles. The Balaban J connectivity index is 2.20. The van der Waals surface area contributed by atoms with Crippen LogP contribution in [0.4, 0.5) is 11.5 Å². The zero-order valence-corrected chi connectivity index (χ0v) is 12.0. The number of nitrogens with one attached hydrogen (secondary N) is 2. The molecule has 0 amide bonds. The van der Waals surface area contributed by atoms with E-state index in [1.54, 1.807) is 19.2 Å². The molecule has 2 heterocycles. The van der Waals surface area contributed by atoms with Crippen molar-refractivity contribution in [1.29, 1.82) is 0 Å². The van der Waals surface area contributed by atoms with Gasteiger partial charge in [-0.2, -0.15) is 0 Å². The van der Waals surface area contributed by atoms with Gasteiger partial charge < -0.3 is 16.0 Å². The van der Waals surface area contributed by atoms with Crippen molar-refractivity contribution in [2.24, 2.45) is 0 Å². The fraction of sp³-hybridized carbons (Fsp3) is 0.0769. The van der Waals surface area contributed by atoms with Crippen LogP contribution in [-0.2, 0) is 0 Å². The van der Waals surface area contributed by atoms with E-state index in [1.807, 2.05) is 12.1 Å². The Labute approximate surface area is 125 Å². The number of benzene rings is 1. The minimum absolute atomic E-state index is 0.400. The van der Waals surface area contributed by atoms with Crippen LogP contribution in [0.1, 0.15) is 0 Å². The molecule has 2 aromatic heterocycles. The highest BCUT2D eigenvalue weighted by atomic mass is 35.5. The molecule has 0 unspecified atom stereocenters. The lowest BCUT2D eigenvalue weighted by Gasteiger charge is -2.05. The maximum absolute atomic E-state index is 6.04. The number of anilines is 2. The van der Waals surface area contributed by atoms with Crippen molar-refractivity contribution in [3.05, 3.63) is 34.3 Å². The second-order valence-corrected chi connectivity index (χ2v) is 5.10. The number of aromatic amines is 1. The first kappa shape index (κ1) is 13.0. The number of nitrogens with zero attached hydrogens (tertiary/aromatic N) is 2. The van der Waals surface area contributed by atoms with Crippen molar-refractivity contribution >= 4 is 45.9 Å². The molecule has 0 saturated carbocycles. The van der Waals surface area contributed by atoms with Gasteiger partial charge in [-0.1, -0.05) is 23.2 Å². The first-order valence-corrected chi connectivity index (χ1v) is 6.63. The van der Waals surface area contributed by atoms with Crippen molar-refractivity contribution in [2.45, 2.75) is 0 Å². The van der Waals surface area contributed by atoms with Gasteiger partial charge in [-0.15, -0.1) is 0 Å². The molecule has 5 nitrogen and oxygen atoms in total. The van der Waals surface area contributed by atoms with Crippen LogP contribution >= 0.6 is 23.2 Å². The molecule has 1 aromatic carbocycles. The molecule has 102 valence electrons. The normalized spacial score (nSPS) is 10.9. The summed E-state index contributed by atoms with van der Waals surface area (Å²) in [5.41, 5.74) is 8.48. The first-order chi connectivity index (χ1) is 9.58. The van der Waals surface area contributed by atoms with Gasteiger partial charge in [0.25, 0.3) is 0 Å². The van der Waals surface area contributed by atoms with Gasteiger partial charge in [-0.3, -0.25) is 0 Å². The molecule has 3 rings (SSSR count). The predicted molar refractivity (Wildman–Crippen MR) is 83.3 cm³/mol. The summed E-state index contributed by atoms with van der Waals surface area (Å²) < 4.78 is 0. The van der Waals surface area contributed by atoms with Crippen molar-refractivity contribution in [3.8, 4) is 11.4 Å². The average molecular weight is 308 g/mol. The Morgan fingerprint density at radius 3 is 2.75 bits per heavy atom. The summed E-state index contributed by atoms with van der Waals surface area (Å²) in [7, 11) is 1.80. The van der Waals surface area contributed by atoms with Crippen molar-refractivity contribution in [1.82, 2.24) is 15.0 Å². The molecule has 4 N–H and O–H groups in total. The van der Waals surface area contributed by atoms with Gasteiger partial charge in [0, 0.05) is 17.6 Å². The van der Waals surface area contributed by atoms with E-state index < -0.39 is 0 Å².